The Bertz CT molecular complexity index is 238. The Morgan fingerprint density at radius 1 is 1.42 bits per heavy atom. The zero-order chi connectivity index (χ0) is 9.14. The molecule has 2 heteroatoms. The molecule has 1 N–H and O–H groups in total. The predicted octanol–water partition coefficient (Wildman–Crippen LogP) is 1.30. The van der Waals surface area contributed by atoms with Crippen molar-refractivity contribution in [3.63, 3.8) is 0 Å². The molecule has 12 heavy (non-hydrogen) atoms. The Morgan fingerprint density at radius 2 is 2.08 bits per heavy atom. The molecule has 0 saturated heterocycles. The molecule has 1 rings (SSSR count). The van der Waals surface area contributed by atoms with Crippen LogP contribution in [0.25, 0.3) is 0 Å². The summed E-state index contributed by atoms with van der Waals surface area (Å²) in [5, 5.41) is 2.96. The van der Waals surface area contributed by atoms with Crippen LogP contribution in [0, 0.1) is 5.92 Å². The third-order valence-corrected chi connectivity index (χ3v) is 2.08. The number of rotatable bonds is 2. The Balaban J connectivity index is 2.80. The molecule has 0 bridgehead atoms. The number of nitrogens with one attached hydrogen (secondary N) is 1. The molecule has 0 heterocycles. The zero-order valence-corrected chi connectivity index (χ0v) is 7.79. The van der Waals surface area contributed by atoms with Crippen LogP contribution in [0.1, 0.15) is 13.8 Å². The standard InChI is InChI=1S/C10H15NO/c1-7(2)8-4-5-10(12)9(6-8)11-3/h4-7,9,11H,1-3H3. The summed E-state index contributed by atoms with van der Waals surface area (Å²) < 4.78 is 0. The van der Waals surface area contributed by atoms with E-state index in [-0.39, 0.29) is 11.8 Å². The molecule has 0 aliphatic heterocycles. The quantitative estimate of drug-likeness (QED) is 0.668. The molecule has 0 fully saturated rings. The highest BCUT2D eigenvalue weighted by atomic mass is 16.1. The maximum Gasteiger partial charge on any atom is 0.176 e. The number of allylic oxidation sites excluding steroid dienone is 2. The van der Waals surface area contributed by atoms with Crippen molar-refractivity contribution in [2.45, 2.75) is 19.9 Å². The minimum Gasteiger partial charge on any atom is -0.307 e. The molecule has 0 spiro atoms. The number of likely N-dealkylation sites (N-methyl/N-ethyl adjacent to an activating group) is 1. The lowest BCUT2D eigenvalue weighted by Gasteiger charge is -2.16. The number of hydrogen-bond donors (Lipinski definition) is 1. The van der Waals surface area contributed by atoms with Crippen molar-refractivity contribution in [1.82, 2.24) is 5.32 Å². The summed E-state index contributed by atoms with van der Waals surface area (Å²) in [7, 11) is 1.80. The van der Waals surface area contributed by atoms with Crippen LogP contribution in [0.5, 0.6) is 0 Å². The Morgan fingerprint density at radius 3 is 2.58 bits per heavy atom. The summed E-state index contributed by atoms with van der Waals surface area (Å²) in [6, 6.07) is -0.118. The van der Waals surface area contributed by atoms with Gasteiger partial charge in [-0.1, -0.05) is 26.0 Å². The zero-order valence-electron chi connectivity index (χ0n) is 7.79. The van der Waals surface area contributed by atoms with Crippen LogP contribution in [0.15, 0.2) is 23.8 Å². The summed E-state index contributed by atoms with van der Waals surface area (Å²) in [5.74, 6) is 0.632. The van der Waals surface area contributed by atoms with E-state index in [9.17, 15) is 4.79 Å². The first-order valence-electron chi connectivity index (χ1n) is 4.26. The number of carbonyl (C=O) groups is 1. The van der Waals surface area contributed by atoms with Crippen LogP contribution in [-0.2, 0) is 4.79 Å². The van der Waals surface area contributed by atoms with E-state index in [2.05, 4.69) is 19.2 Å². The second kappa shape index (κ2) is 3.68. The van der Waals surface area contributed by atoms with Crippen LogP contribution >= 0.6 is 0 Å². The first-order valence-corrected chi connectivity index (χ1v) is 4.26. The van der Waals surface area contributed by atoms with E-state index in [4.69, 9.17) is 0 Å². The van der Waals surface area contributed by atoms with Gasteiger partial charge in [0.25, 0.3) is 0 Å². The molecular formula is C10H15NO. The van der Waals surface area contributed by atoms with Gasteiger partial charge in [-0.2, -0.15) is 0 Å². The van der Waals surface area contributed by atoms with Crippen molar-refractivity contribution in [3.8, 4) is 0 Å². The normalized spacial score (nSPS) is 23.2. The average molecular weight is 165 g/mol. The average Bonchev–Trinajstić information content (AvgIpc) is 2.05. The van der Waals surface area contributed by atoms with Gasteiger partial charge in [0.15, 0.2) is 5.78 Å². The van der Waals surface area contributed by atoms with Gasteiger partial charge in [-0.3, -0.25) is 4.79 Å². The van der Waals surface area contributed by atoms with Crippen LogP contribution in [0.3, 0.4) is 0 Å². The van der Waals surface area contributed by atoms with Gasteiger partial charge in [0.1, 0.15) is 0 Å². The monoisotopic (exact) mass is 165 g/mol. The fourth-order valence-electron chi connectivity index (χ4n) is 1.22. The van der Waals surface area contributed by atoms with Gasteiger partial charge < -0.3 is 5.32 Å². The Hall–Kier alpha value is -0.890. The summed E-state index contributed by atoms with van der Waals surface area (Å²) in [6.45, 7) is 4.25. The summed E-state index contributed by atoms with van der Waals surface area (Å²) in [6.07, 6.45) is 5.55. The molecule has 2 nitrogen and oxygen atoms in total. The molecule has 1 aliphatic rings. The van der Waals surface area contributed by atoms with Crippen LogP contribution in [0.4, 0.5) is 0 Å². The largest absolute Gasteiger partial charge is 0.307 e. The summed E-state index contributed by atoms with van der Waals surface area (Å²) in [4.78, 5) is 11.2. The molecule has 0 amide bonds. The van der Waals surface area contributed by atoms with Crippen molar-refractivity contribution in [1.29, 1.82) is 0 Å². The van der Waals surface area contributed by atoms with E-state index in [0.717, 1.165) is 0 Å². The van der Waals surface area contributed by atoms with Crippen molar-refractivity contribution in [2.75, 3.05) is 7.05 Å². The summed E-state index contributed by atoms with van der Waals surface area (Å²) >= 11 is 0. The lowest BCUT2D eigenvalue weighted by Crippen LogP contribution is -2.33. The van der Waals surface area contributed by atoms with Crippen molar-refractivity contribution in [3.05, 3.63) is 23.8 Å². The van der Waals surface area contributed by atoms with Gasteiger partial charge in [-0.15, -0.1) is 0 Å². The van der Waals surface area contributed by atoms with Gasteiger partial charge in [0.05, 0.1) is 6.04 Å². The summed E-state index contributed by atoms with van der Waals surface area (Å²) in [5.41, 5.74) is 1.23. The highest BCUT2D eigenvalue weighted by molar-refractivity contribution is 5.97. The topological polar surface area (TPSA) is 29.1 Å². The second-order valence-corrected chi connectivity index (χ2v) is 3.32. The van der Waals surface area contributed by atoms with E-state index < -0.39 is 0 Å². The molecule has 0 aromatic heterocycles. The number of carbonyl (C=O) groups excluding carboxylic acids is 1. The van der Waals surface area contributed by atoms with Gasteiger partial charge in [-0.05, 0) is 24.6 Å². The highest BCUT2D eigenvalue weighted by Crippen LogP contribution is 2.16. The number of ketones is 1. The molecule has 1 unspecified atom stereocenters. The maximum absolute atomic E-state index is 11.2. The van der Waals surface area contributed by atoms with Crippen LogP contribution < -0.4 is 5.32 Å². The SMILES string of the molecule is CNC1C=C(C(C)C)C=CC1=O. The van der Waals surface area contributed by atoms with Crippen molar-refractivity contribution < 1.29 is 4.79 Å². The lowest BCUT2D eigenvalue weighted by molar-refractivity contribution is -0.115. The Kier molecular flexibility index (Phi) is 2.82. The van der Waals surface area contributed by atoms with E-state index in [0.29, 0.717) is 5.92 Å². The van der Waals surface area contributed by atoms with Gasteiger partial charge >= 0.3 is 0 Å². The third kappa shape index (κ3) is 1.83. The predicted molar refractivity (Wildman–Crippen MR) is 49.9 cm³/mol. The first kappa shape index (κ1) is 9.20. The Labute approximate surface area is 73.4 Å². The second-order valence-electron chi connectivity index (χ2n) is 3.32. The van der Waals surface area contributed by atoms with Crippen LogP contribution in [-0.4, -0.2) is 18.9 Å². The van der Waals surface area contributed by atoms with Gasteiger partial charge in [-0.25, -0.2) is 0 Å². The number of hydrogen-bond acceptors (Lipinski definition) is 2. The fraction of sp³-hybridized carbons (Fsp3) is 0.500. The fourth-order valence-corrected chi connectivity index (χ4v) is 1.22. The smallest absolute Gasteiger partial charge is 0.176 e. The van der Waals surface area contributed by atoms with E-state index >= 15 is 0 Å². The highest BCUT2D eigenvalue weighted by Gasteiger charge is 2.16. The molecule has 0 radical (unpaired) electrons. The minimum atomic E-state index is -0.118. The van der Waals surface area contributed by atoms with E-state index in [1.54, 1.807) is 13.1 Å². The first-order chi connectivity index (χ1) is 5.65. The maximum atomic E-state index is 11.2. The third-order valence-electron chi connectivity index (χ3n) is 2.08. The van der Waals surface area contributed by atoms with E-state index in [1.807, 2.05) is 12.2 Å². The van der Waals surface area contributed by atoms with E-state index in [1.165, 1.54) is 5.57 Å². The molecule has 1 atom stereocenters. The molecule has 0 saturated carbocycles. The molecule has 66 valence electrons. The molecule has 0 aromatic carbocycles. The van der Waals surface area contributed by atoms with Gasteiger partial charge in [0, 0.05) is 0 Å². The van der Waals surface area contributed by atoms with Crippen molar-refractivity contribution in [2.24, 2.45) is 5.92 Å². The molecular weight excluding hydrogens is 150 g/mol. The molecule has 1 aliphatic carbocycles. The molecule has 0 aromatic rings. The van der Waals surface area contributed by atoms with Crippen molar-refractivity contribution >= 4 is 5.78 Å². The lowest BCUT2D eigenvalue weighted by atomic mass is 9.94. The van der Waals surface area contributed by atoms with Crippen LogP contribution in [0.2, 0.25) is 0 Å². The minimum absolute atomic E-state index is 0.118. The van der Waals surface area contributed by atoms with Gasteiger partial charge in [0.2, 0.25) is 0 Å².